The summed E-state index contributed by atoms with van der Waals surface area (Å²) in [4.78, 5) is 25.3. The van der Waals surface area contributed by atoms with Gasteiger partial charge >= 0.3 is 0 Å². The number of carbonyl (C=O) groups is 2. The van der Waals surface area contributed by atoms with Crippen LogP contribution in [0.1, 0.15) is 114 Å². The predicted octanol–water partition coefficient (Wildman–Crippen LogP) is 7.57. The Bertz CT molecular complexity index is 1300. The first-order valence-corrected chi connectivity index (χ1v) is 15.5. The van der Waals surface area contributed by atoms with E-state index in [1.54, 1.807) is 0 Å². The van der Waals surface area contributed by atoms with E-state index >= 15 is 0 Å². The Morgan fingerprint density at radius 1 is 1.05 bits per heavy atom. The highest BCUT2D eigenvalue weighted by molar-refractivity contribution is 6.34. The third-order valence-electron chi connectivity index (χ3n) is 8.24. The molecule has 0 fully saturated rings. The minimum atomic E-state index is -0.990. The highest BCUT2D eigenvalue weighted by Gasteiger charge is 2.27. The number of amides is 2. The molecule has 0 aliphatic rings. The molecule has 2 N–H and O–H groups in total. The van der Waals surface area contributed by atoms with Gasteiger partial charge in [-0.1, -0.05) is 78.6 Å². The van der Waals surface area contributed by atoms with E-state index in [-0.39, 0.29) is 32.7 Å². The Morgan fingerprint density at radius 3 is 2.30 bits per heavy atom. The van der Waals surface area contributed by atoms with Crippen LogP contribution in [0.2, 0.25) is 5.02 Å². The standard InChI is InChI=1S/C34H48ClN3O5/c1-9-12-14-29(32(40)38(8)41)43-30-21-27(35)25(19-23(30)22-36)31(39)37-17-13-18-42-28-16-15-24(33(4,5)10-2)20-26(28)34(6,7)11-3/h15-16,19-21,29,41H,9-14,17-18H2,1-8H3,(H,37,39). The van der Waals surface area contributed by atoms with Gasteiger partial charge in [0.15, 0.2) is 6.10 Å². The third kappa shape index (κ3) is 9.61. The Hall–Kier alpha value is -3.28. The molecule has 236 valence electrons. The summed E-state index contributed by atoms with van der Waals surface area (Å²) in [6, 6.07) is 11.2. The van der Waals surface area contributed by atoms with Gasteiger partial charge in [-0.15, -0.1) is 0 Å². The minimum absolute atomic E-state index is 0.0498. The number of rotatable bonds is 16. The molecule has 1 atom stereocenters. The molecule has 0 saturated heterocycles. The number of hydrogen-bond acceptors (Lipinski definition) is 6. The SMILES string of the molecule is CCCCC(Oc1cc(Cl)c(C(=O)NCCCOc2ccc(C(C)(C)CC)cc2C(C)(C)CC)cc1C#N)C(=O)N(C)O. The van der Waals surface area contributed by atoms with Crippen molar-refractivity contribution in [3.05, 3.63) is 57.6 Å². The van der Waals surface area contributed by atoms with Crippen LogP contribution in [0.4, 0.5) is 0 Å². The lowest BCUT2D eigenvalue weighted by molar-refractivity contribution is -0.167. The van der Waals surface area contributed by atoms with Crippen molar-refractivity contribution in [3.63, 3.8) is 0 Å². The van der Waals surface area contributed by atoms with Crippen molar-refractivity contribution in [3.8, 4) is 17.6 Å². The van der Waals surface area contributed by atoms with Crippen molar-refractivity contribution < 1.29 is 24.3 Å². The van der Waals surface area contributed by atoms with Gasteiger partial charge < -0.3 is 14.8 Å². The molecule has 0 aliphatic heterocycles. The van der Waals surface area contributed by atoms with Crippen LogP contribution in [-0.4, -0.2) is 48.4 Å². The quantitative estimate of drug-likeness (QED) is 0.115. The summed E-state index contributed by atoms with van der Waals surface area (Å²) in [5.74, 6) is -0.133. The zero-order valence-corrected chi connectivity index (χ0v) is 27.7. The van der Waals surface area contributed by atoms with Gasteiger partial charge in [0.1, 0.15) is 17.6 Å². The van der Waals surface area contributed by atoms with Crippen LogP contribution in [-0.2, 0) is 15.6 Å². The van der Waals surface area contributed by atoms with Gasteiger partial charge in [-0.2, -0.15) is 5.26 Å². The average molecular weight is 614 g/mol. The summed E-state index contributed by atoms with van der Waals surface area (Å²) in [6.07, 6.45) is 3.44. The van der Waals surface area contributed by atoms with Crippen LogP contribution in [0.5, 0.6) is 11.5 Å². The van der Waals surface area contributed by atoms with E-state index < -0.39 is 17.9 Å². The Balaban J connectivity index is 2.08. The van der Waals surface area contributed by atoms with Crippen molar-refractivity contribution in [2.24, 2.45) is 0 Å². The van der Waals surface area contributed by atoms with Gasteiger partial charge in [0, 0.05) is 25.2 Å². The number of hydroxylamine groups is 2. The van der Waals surface area contributed by atoms with Crippen LogP contribution in [0.15, 0.2) is 30.3 Å². The second kappa shape index (κ2) is 16.0. The molecule has 8 nitrogen and oxygen atoms in total. The fourth-order valence-electron chi connectivity index (χ4n) is 4.45. The molecular weight excluding hydrogens is 566 g/mol. The minimum Gasteiger partial charge on any atom is -0.493 e. The molecule has 0 saturated carbocycles. The van der Waals surface area contributed by atoms with E-state index in [1.807, 2.05) is 13.0 Å². The number of benzene rings is 2. The smallest absolute Gasteiger partial charge is 0.286 e. The molecule has 43 heavy (non-hydrogen) atoms. The maximum Gasteiger partial charge on any atom is 0.286 e. The van der Waals surface area contributed by atoms with Crippen molar-refractivity contribution in [1.29, 1.82) is 5.26 Å². The normalized spacial score (nSPS) is 12.3. The topological polar surface area (TPSA) is 112 Å². The van der Waals surface area contributed by atoms with E-state index in [9.17, 15) is 20.1 Å². The molecule has 2 amide bonds. The molecule has 1 unspecified atom stereocenters. The number of nitrogens with one attached hydrogen (secondary N) is 1. The summed E-state index contributed by atoms with van der Waals surface area (Å²) in [7, 11) is 1.22. The Morgan fingerprint density at radius 2 is 1.72 bits per heavy atom. The summed E-state index contributed by atoms with van der Waals surface area (Å²) >= 11 is 6.41. The van der Waals surface area contributed by atoms with Crippen LogP contribution in [0.3, 0.4) is 0 Å². The molecule has 9 heteroatoms. The number of ether oxygens (including phenoxy) is 2. The summed E-state index contributed by atoms with van der Waals surface area (Å²) in [5.41, 5.74) is 2.69. The lowest BCUT2D eigenvalue weighted by atomic mass is 9.76. The van der Waals surface area contributed by atoms with E-state index in [4.69, 9.17) is 21.1 Å². The molecule has 0 radical (unpaired) electrons. The van der Waals surface area contributed by atoms with Crippen LogP contribution >= 0.6 is 11.6 Å². The van der Waals surface area contributed by atoms with E-state index in [0.29, 0.717) is 37.5 Å². The van der Waals surface area contributed by atoms with E-state index in [0.717, 1.165) is 25.0 Å². The fraction of sp³-hybridized carbons (Fsp3) is 0.559. The van der Waals surface area contributed by atoms with Crippen LogP contribution < -0.4 is 14.8 Å². The number of nitriles is 1. The number of hydrogen-bond donors (Lipinski definition) is 2. The van der Waals surface area contributed by atoms with Crippen LogP contribution in [0, 0.1) is 11.3 Å². The molecule has 0 bridgehead atoms. The first kappa shape index (κ1) is 35.9. The molecular formula is C34H48ClN3O5. The third-order valence-corrected chi connectivity index (χ3v) is 8.55. The highest BCUT2D eigenvalue weighted by Crippen LogP contribution is 2.38. The summed E-state index contributed by atoms with van der Waals surface area (Å²) in [5, 5.41) is 22.7. The fourth-order valence-corrected chi connectivity index (χ4v) is 4.69. The molecule has 2 aromatic rings. The molecule has 0 heterocycles. The number of halogens is 1. The van der Waals surface area contributed by atoms with E-state index in [1.165, 1.54) is 30.3 Å². The lowest BCUT2D eigenvalue weighted by Gasteiger charge is -2.30. The Kier molecular flexibility index (Phi) is 13.3. The lowest BCUT2D eigenvalue weighted by Crippen LogP contribution is -2.38. The maximum absolute atomic E-state index is 12.9. The predicted molar refractivity (Wildman–Crippen MR) is 170 cm³/mol. The van der Waals surface area contributed by atoms with Crippen molar-refractivity contribution in [2.75, 3.05) is 20.2 Å². The zero-order valence-electron chi connectivity index (χ0n) is 27.0. The van der Waals surface area contributed by atoms with Gasteiger partial charge in [0.2, 0.25) is 0 Å². The number of carbonyl (C=O) groups excluding carboxylic acids is 2. The molecule has 0 aromatic heterocycles. The second-order valence-electron chi connectivity index (χ2n) is 12.2. The first-order valence-electron chi connectivity index (χ1n) is 15.1. The molecule has 0 aliphatic carbocycles. The largest absolute Gasteiger partial charge is 0.493 e. The summed E-state index contributed by atoms with van der Waals surface area (Å²) < 4.78 is 12.0. The van der Waals surface area contributed by atoms with Gasteiger partial charge in [-0.05, 0) is 60.6 Å². The van der Waals surface area contributed by atoms with Gasteiger partial charge in [0.05, 0.1) is 22.8 Å². The van der Waals surface area contributed by atoms with E-state index in [2.05, 4.69) is 65.1 Å². The zero-order chi connectivity index (χ0) is 32.4. The van der Waals surface area contributed by atoms with Crippen LogP contribution in [0.25, 0.3) is 0 Å². The number of unbranched alkanes of at least 4 members (excludes halogenated alkanes) is 1. The maximum atomic E-state index is 12.9. The summed E-state index contributed by atoms with van der Waals surface area (Å²) in [6.45, 7) is 16.1. The number of nitrogens with zero attached hydrogens (tertiary/aromatic N) is 2. The number of likely N-dealkylation sites (N-methyl/N-ethyl adjacent to an activating group) is 1. The van der Waals surface area contributed by atoms with Gasteiger partial charge in [-0.25, -0.2) is 5.06 Å². The first-order chi connectivity index (χ1) is 20.2. The second-order valence-corrected chi connectivity index (χ2v) is 12.6. The van der Waals surface area contributed by atoms with Crippen molar-refractivity contribution in [2.45, 2.75) is 104 Å². The molecule has 0 spiro atoms. The molecule has 2 aromatic carbocycles. The monoisotopic (exact) mass is 613 g/mol. The average Bonchev–Trinajstić information content (AvgIpc) is 2.98. The van der Waals surface area contributed by atoms with Crippen molar-refractivity contribution in [1.82, 2.24) is 10.4 Å². The highest BCUT2D eigenvalue weighted by atomic mass is 35.5. The van der Waals surface area contributed by atoms with Gasteiger partial charge in [-0.3, -0.25) is 14.8 Å². The Labute approximate surface area is 262 Å². The molecule has 2 rings (SSSR count). The van der Waals surface area contributed by atoms with Crippen molar-refractivity contribution >= 4 is 23.4 Å². The van der Waals surface area contributed by atoms with Gasteiger partial charge in [0.25, 0.3) is 11.8 Å².